The third-order valence-corrected chi connectivity index (χ3v) is 7.16. The number of alkyl halides is 3. The summed E-state index contributed by atoms with van der Waals surface area (Å²) in [5.74, 6) is -3.27. The lowest BCUT2D eigenvalue weighted by atomic mass is 9.80. The van der Waals surface area contributed by atoms with Crippen molar-refractivity contribution in [2.75, 3.05) is 27.7 Å². The van der Waals surface area contributed by atoms with E-state index in [0.717, 1.165) is 0 Å². The molecule has 1 fully saturated rings. The highest BCUT2D eigenvalue weighted by molar-refractivity contribution is 6.32. The van der Waals surface area contributed by atoms with Gasteiger partial charge in [-0.25, -0.2) is 9.38 Å². The molecule has 1 aromatic rings. The number of nitrogens with one attached hydrogen (secondary N) is 1. The van der Waals surface area contributed by atoms with Crippen molar-refractivity contribution in [1.82, 2.24) is 10.2 Å². The molecule has 2 amide bonds. The van der Waals surface area contributed by atoms with Gasteiger partial charge in [0.2, 0.25) is 5.91 Å². The first-order valence-corrected chi connectivity index (χ1v) is 11.9. The summed E-state index contributed by atoms with van der Waals surface area (Å²) in [5, 5.41) is 2.44. The second-order valence-electron chi connectivity index (χ2n) is 9.40. The molecule has 0 aliphatic heterocycles. The van der Waals surface area contributed by atoms with Gasteiger partial charge in [0.05, 0.1) is 16.0 Å². The molecule has 204 valence electrons. The van der Waals surface area contributed by atoms with Gasteiger partial charge in [-0.1, -0.05) is 24.2 Å². The van der Waals surface area contributed by atoms with E-state index < -0.39 is 41.6 Å². The Bertz CT molecular complexity index is 1100. The van der Waals surface area contributed by atoms with Gasteiger partial charge in [-0.05, 0) is 57.5 Å². The highest BCUT2D eigenvalue weighted by Crippen LogP contribution is 2.64. The first kappa shape index (κ1) is 30.4. The number of allylic oxidation sites excluding steroid dienone is 1. The standard InChI is InChI=1S/C25H32ClF4N5O2/c1-14(12-33-15(2)32-3)19(24(8-9-24)25(28,29)30)11-20(36)34-13-17(35(4)5)10-16-6-7-18(23(31)37)22(27)21(16)26/h6-7,12,17,19H,1,8-11,13H2,2-5H3,(H2,31,37)(H,34,36)/t17-,19-/m0/s1. The number of rotatable bonds is 11. The third kappa shape index (κ3) is 7.38. The maximum absolute atomic E-state index is 14.4. The normalized spacial score (nSPS) is 17.1. The van der Waals surface area contributed by atoms with Crippen molar-refractivity contribution in [3.63, 3.8) is 0 Å². The largest absolute Gasteiger partial charge is 0.395 e. The number of nitrogens with zero attached hydrogens (tertiary/aromatic N) is 3. The first-order chi connectivity index (χ1) is 17.1. The van der Waals surface area contributed by atoms with E-state index >= 15 is 0 Å². The van der Waals surface area contributed by atoms with Crippen molar-refractivity contribution in [3.8, 4) is 0 Å². The summed E-state index contributed by atoms with van der Waals surface area (Å²) < 4.78 is 56.2. The summed E-state index contributed by atoms with van der Waals surface area (Å²) in [7, 11) is 4.98. The number of nitrogens with two attached hydrogens (primary N) is 1. The van der Waals surface area contributed by atoms with Crippen molar-refractivity contribution >= 4 is 35.5 Å². The zero-order valence-electron chi connectivity index (χ0n) is 21.3. The maximum Gasteiger partial charge on any atom is 0.395 e. The number of primary amides is 1. The van der Waals surface area contributed by atoms with Gasteiger partial charge >= 0.3 is 6.18 Å². The minimum Gasteiger partial charge on any atom is -0.366 e. The molecule has 1 aliphatic carbocycles. The van der Waals surface area contributed by atoms with Crippen molar-refractivity contribution in [1.29, 1.82) is 0 Å². The van der Waals surface area contributed by atoms with Gasteiger partial charge in [0.1, 0.15) is 5.84 Å². The van der Waals surface area contributed by atoms with Crippen LogP contribution in [0.25, 0.3) is 0 Å². The third-order valence-electron chi connectivity index (χ3n) is 6.75. The number of amidine groups is 1. The molecule has 3 N–H and O–H groups in total. The zero-order chi connectivity index (χ0) is 28.1. The molecule has 0 saturated heterocycles. The van der Waals surface area contributed by atoms with Gasteiger partial charge in [0.15, 0.2) is 5.82 Å². The first-order valence-electron chi connectivity index (χ1n) is 11.6. The van der Waals surface area contributed by atoms with E-state index in [2.05, 4.69) is 21.9 Å². The van der Waals surface area contributed by atoms with Crippen LogP contribution in [-0.4, -0.2) is 68.7 Å². The fourth-order valence-electron chi connectivity index (χ4n) is 4.09. The van der Waals surface area contributed by atoms with Crippen LogP contribution in [0.2, 0.25) is 5.02 Å². The lowest BCUT2D eigenvalue weighted by Crippen LogP contribution is -2.43. The smallest absolute Gasteiger partial charge is 0.366 e. The highest BCUT2D eigenvalue weighted by atomic mass is 35.5. The zero-order valence-corrected chi connectivity index (χ0v) is 22.0. The van der Waals surface area contributed by atoms with E-state index in [0.29, 0.717) is 11.4 Å². The predicted octanol–water partition coefficient (Wildman–Crippen LogP) is 4.19. The van der Waals surface area contributed by atoms with Crippen LogP contribution in [-0.2, 0) is 11.2 Å². The number of carbonyl (C=O) groups is 2. The van der Waals surface area contributed by atoms with E-state index in [1.54, 1.807) is 25.9 Å². The average molecular weight is 546 g/mol. The van der Waals surface area contributed by atoms with E-state index in [9.17, 15) is 27.2 Å². The second kappa shape index (κ2) is 12.2. The predicted molar refractivity (Wildman–Crippen MR) is 137 cm³/mol. The summed E-state index contributed by atoms with van der Waals surface area (Å²) in [6, 6.07) is 2.34. The van der Waals surface area contributed by atoms with E-state index in [-0.39, 0.29) is 48.0 Å². The van der Waals surface area contributed by atoms with Gasteiger partial charge in [0.25, 0.3) is 5.91 Å². The van der Waals surface area contributed by atoms with Crippen LogP contribution in [0.4, 0.5) is 17.6 Å². The molecule has 2 atom stereocenters. The fraction of sp³-hybridized carbons (Fsp3) is 0.520. The Morgan fingerprint density at radius 1 is 1.32 bits per heavy atom. The lowest BCUT2D eigenvalue weighted by Gasteiger charge is -2.30. The quantitative estimate of drug-likeness (QED) is 0.248. The molecular formula is C25H32ClF4N5O2. The Labute approximate surface area is 218 Å². The van der Waals surface area contributed by atoms with Crippen molar-refractivity contribution in [3.05, 3.63) is 46.3 Å². The minimum absolute atomic E-state index is 0.0647. The Morgan fingerprint density at radius 2 is 1.95 bits per heavy atom. The number of benzene rings is 1. The Kier molecular flexibility index (Phi) is 10.0. The summed E-state index contributed by atoms with van der Waals surface area (Å²) in [4.78, 5) is 33.8. The molecule has 37 heavy (non-hydrogen) atoms. The highest BCUT2D eigenvalue weighted by Gasteiger charge is 2.67. The van der Waals surface area contributed by atoms with Gasteiger partial charge in [-0.3, -0.25) is 14.6 Å². The van der Waals surface area contributed by atoms with Crippen molar-refractivity contribution in [2.45, 2.75) is 44.8 Å². The number of aliphatic imine (C=N–C) groups is 2. The maximum atomic E-state index is 14.4. The molecule has 0 heterocycles. The summed E-state index contributed by atoms with van der Waals surface area (Å²) in [6.07, 6.45) is -3.65. The number of hydrogen-bond acceptors (Lipinski definition) is 4. The molecule has 1 saturated carbocycles. The van der Waals surface area contributed by atoms with Gasteiger partial charge in [0, 0.05) is 38.2 Å². The monoisotopic (exact) mass is 545 g/mol. The van der Waals surface area contributed by atoms with Crippen molar-refractivity contribution < 1.29 is 27.2 Å². The Hall–Kier alpha value is -2.79. The molecule has 1 aromatic carbocycles. The van der Waals surface area contributed by atoms with E-state index in [4.69, 9.17) is 17.3 Å². The molecule has 2 rings (SSSR count). The Balaban J connectivity index is 2.16. The fourth-order valence-corrected chi connectivity index (χ4v) is 4.33. The van der Waals surface area contributed by atoms with Crippen LogP contribution in [0.15, 0.2) is 34.3 Å². The average Bonchev–Trinajstić information content (AvgIpc) is 3.62. The topological polar surface area (TPSA) is 100 Å². The van der Waals surface area contributed by atoms with Crippen LogP contribution in [0.5, 0.6) is 0 Å². The van der Waals surface area contributed by atoms with E-state index in [1.807, 2.05) is 0 Å². The number of likely N-dealkylation sites (N-methyl/N-ethyl adjacent to an activating group) is 1. The summed E-state index contributed by atoms with van der Waals surface area (Å²) in [5.41, 5.74) is 3.29. The Morgan fingerprint density at radius 3 is 2.43 bits per heavy atom. The number of halogens is 5. The van der Waals surface area contributed by atoms with Crippen LogP contribution < -0.4 is 11.1 Å². The van der Waals surface area contributed by atoms with Crippen LogP contribution in [0.3, 0.4) is 0 Å². The number of carbonyl (C=O) groups excluding carboxylic acids is 2. The molecule has 0 radical (unpaired) electrons. The molecule has 1 aliphatic rings. The molecule has 0 spiro atoms. The van der Waals surface area contributed by atoms with Crippen LogP contribution >= 0.6 is 11.6 Å². The lowest BCUT2D eigenvalue weighted by molar-refractivity contribution is -0.199. The molecule has 0 bridgehead atoms. The van der Waals surface area contributed by atoms with E-state index in [1.165, 1.54) is 25.4 Å². The van der Waals surface area contributed by atoms with Crippen LogP contribution in [0.1, 0.15) is 42.1 Å². The van der Waals surface area contributed by atoms with Crippen LogP contribution in [0, 0.1) is 17.2 Å². The van der Waals surface area contributed by atoms with Gasteiger partial charge in [-0.2, -0.15) is 13.2 Å². The van der Waals surface area contributed by atoms with Gasteiger partial charge in [-0.15, -0.1) is 0 Å². The number of hydrogen-bond donors (Lipinski definition) is 2. The number of amides is 2. The molecular weight excluding hydrogens is 514 g/mol. The minimum atomic E-state index is -4.49. The molecule has 12 heteroatoms. The van der Waals surface area contributed by atoms with Crippen molar-refractivity contribution in [2.24, 2.45) is 27.1 Å². The second-order valence-corrected chi connectivity index (χ2v) is 9.78. The summed E-state index contributed by atoms with van der Waals surface area (Å²) >= 11 is 6.09. The summed E-state index contributed by atoms with van der Waals surface area (Å²) in [6.45, 7) is 5.44. The molecule has 7 nitrogen and oxygen atoms in total. The molecule has 0 unspecified atom stereocenters. The van der Waals surface area contributed by atoms with Gasteiger partial charge < -0.3 is 16.0 Å². The SMILES string of the molecule is C=C(C=NC(C)=NC)[C@H](CC(=O)NC[C@H](Cc1ccc(C(N)=O)c(F)c1Cl)N(C)C)C1(C(F)(F)F)CC1. The molecule has 0 aromatic heterocycles.